The summed E-state index contributed by atoms with van der Waals surface area (Å²) in [4.78, 5) is 21.9. The molecule has 0 N–H and O–H groups in total. The second-order valence-corrected chi connectivity index (χ2v) is 7.57. The van der Waals surface area contributed by atoms with Gasteiger partial charge in [-0.2, -0.15) is 70.2 Å². The third kappa shape index (κ3) is 5.39. The highest BCUT2D eigenvalue weighted by Gasteiger charge is 2.94. The van der Waals surface area contributed by atoms with E-state index >= 15 is 0 Å². The molecule has 0 spiro atoms. The highest BCUT2D eigenvalue weighted by Crippen LogP contribution is 2.63. The molecule has 0 aliphatic carbocycles. The molecule has 0 atom stereocenters. The van der Waals surface area contributed by atoms with E-state index in [9.17, 15) is 79.8 Å². The minimum absolute atomic E-state index is 0.666. The van der Waals surface area contributed by atoms with E-state index in [1.807, 2.05) is 0 Å². The predicted octanol–water partition coefficient (Wildman–Crippen LogP) is 6.31. The van der Waals surface area contributed by atoms with Crippen LogP contribution in [0.4, 0.5) is 70.2 Å². The van der Waals surface area contributed by atoms with E-state index < -0.39 is 83.7 Å². The summed E-state index contributed by atoms with van der Waals surface area (Å²) in [5.41, 5.74) is -1.74. The van der Waals surface area contributed by atoms with Crippen LogP contribution in [0.15, 0.2) is 24.3 Å². The molecule has 20 heteroatoms. The number of ether oxygens (including phenoxy) is 2. The third-order valence-electron chi connectivity index (χ3n) is 4.36. The molecule has 38 heavy (non-hydrogen) atoms. The standard InChI is InChI=1S/C18H14F16O4/c1-7(2)9(35)37-5-11(19,20)13(23,24)15(27,28)17(31,32)18(33,34)16(29,30)14(25,26)12(21,22)6-38-10(36)8(3)4/h1,3,5-6H2,2,4H3. The lowest BCUT2D eigenvalue weighted by Gasteiger charge is -2.43. The highest BCUT2D eigenvalue weighted by atomic mass is 19.4. The van der Waals surface area contributed by atoms with Crippen molar-refractivity contribution in [3.8, 4) is 0 Å². The Labute approximate surface area is 201 Å². The zero-order valence-corrected chi connectivity index (χ0v) is 18.5. The van der Waals surface area contributed by atoms with Gasteiger partial charge >= 0.3 is 59.3 Å². The van der Waals surface area contributed by atoms with Gasteiger partial charge in [0.1, 0.15) is 0 Å². The van der Waals surface area contributed by atoms with Crippen LogP contribution in [0.25, 0.3) is 0 Å². The summed E-state index contributed by atoms with van der Waals surface area (Å²) in [5.74, 6) is -67.5. The number of carbonyl (C=O) groups excluding carboxylic acids is 2. The topological polar surface area (TPSA) is 52.6 Å². The lowest BCUT2D eigenvalue weighted by Crippen LogP contribution is -2.75. The summed E-state index contributed by atoms with van der Waals surface area (Å²) in [7, 11) is 0. The van der Waals surface area contributed by atoms with Crippen molar-refractivity contribution in [2.24, 2.45) is 0 Å². The van der Waals surface area contributed by atoms with Gasteiger partial charge in [0.05, 0.1) is 0 Å². The quantitative estimate of drug-likeness (QED) is 0.142. The number of hydrogen-bond acceptors (Lipinski definition) is 4. The second kappa shape index (κ2) is 10.1. The molecule has 0 aromatic rings. The van der Waals surface area contributed by atoms with Crippen LogP contribution < -0.4 is 0 Å². The molecule has 0 radical (unpaired) electrons. The molecule has 0 fully saturated rings. The fourth-order valence-electron chi connectivity index (χ4n) is 1.99. The molecule has 0 heterocycles. The van der Waals surface area contributed by atoms with E-state index in [0.29, 0.717) is 13.8 Å². The van der Waals surface area contributed by atoms with Crippen molar-refractivity contribution in [3.63, 3.8) is 0 Å². The molecular weight excluding hydrogens is 584 g/mol. The summed E-state index contributed by atoms with van der Waals surface area (Å²) in [5, 5.41) is 0. The highest BCUT2D eigenvalue weighted by molar-refractivity contribution is 5.87. The van der Waals surface area contributed by atoms with Crippen molar-refractivity contribution in [2.75, 3.05) is 13.2 Å². The largest absolute Gasteiger partial charge is 0.456 e. The minimum Gasteiger partial charge on any atom is -0.456 e. The van der Waals surface area contributed by atoms with Crippen molar-refractivity contribution >= 4 is 11.9 Å². The molecule has 0 aliphatic heterocycles. The van der Waals surface area contributed by atoms with Gasteiger partial charge in [-0.25, -0.2) is 9.59 Å². The number of hydrogen-bond donors (Lipinski definition) is 0. The third-order valence-corrected chi connectivity index (χ3v) is 4.36. The summed E-state index contributed by atoms with van der Waals surface area (Å²) in [6.07, 6.45) is 0. The van der Waals surface area contributed by atoms with Gasteiger partial charge in [0.25, 0.3) is 0 Å². The number of alkyl halides is 16. The Hall–Kier alpha value is -2.70. The Balaban J connectivity index is 6.58. The number of rotatable bonds is 13. The van der Waals surface area contributed by atoms with Gasteiger partial charge in [0.2, 0.25) is 0 Å². The number of carbonyl (C=O) groups is 2. The summed E-state index contributed by atoms with van der Waals surface area (Å²) in [6, 6.07) is 0. The Kier molecular flexibility index (Phi) is 9.40. The van der Waals surface area contributed by atoms with Gasteiger partial charge in [-0.3, -0.25) is 0 Å². The van der Waals surface area contributed by atoms with Crippen LogP contribution in [0.5, 0.6) is 0 Å². The Bertz CT molecular complexity index is 878. The van der Waals surface area contributed by atoms with E-state index in [0.717, 1.165) is 0 Å². The molecule has 0 saturated carbocycles. The van der Waals surface area contributed by atoms with Crippen LogP contribution in [-0.4, -0.2) is 72.5 Å². The maximum Gasteiger partial charge on any atom is 0.385 e. The summed E-state index contributed by atoms with van der Waals surface area (Å²) < 4.78 is 226. The molecule has 0 rings (SSSR count). The Morgan fingerprint density at radius 2 is 0.658 bits per heavy atom. The minimum atomic E-state index is -8.64. The second-order valence-electron chi connectivity index (χ2n) is 7.57. The summed E-state index contributed by atoms with van der Waals surface area (Å²) in [6.45, 7) is 0.215. The molecule has 0 bridgehead atoms. The molecule has 0 unspecified atom stereocenters. The van der Waals surface area contributed by atoms with E-state index in [2.05, 4.69) is 22.6 Å². The normalized spacial score (nSPS) is 14.7. The van der Waals surface area contributed by atoms with Gasteiger partial charge in [-0.1, -0.05) is 13.2 Å². The van der Waals surface area contributed by atoms with Crippen molar-refractivity contribution in [2.45, 2.75) is 61.2 Å². The monoisotopic (exact) mass is 598 g/mol. The van der Waals surface area contributed by atoms with Crippen molar-refractivity contribution < 1.29 is 89.3 Å². The molecule has 222 valence electrons. The average Bonchev–Trinajstić information content (AvgIpc) is 2.74. The zero-order valence-electron chi connectivity index (χ0n) is 18.5. The van der Waals surface area contributed by atoms with Crippen molar-refractivity contribution in [3.05, 3.63) is 24.3 Å². The van der Waals surface area contributed by atoms with Crippen molar-refractivity contribution in [1.29, 1.82) is 0 Å². The smallest absolute Gasteiger partial charge is 0.385 e. The zero-order chi connectivity index (χ0) is 31.1. The number of esters is 2. The molecule has 0 aliphatic rings. The van der Waals surface area contributed by atoms with Crippen LogP contribution >= 0.6 is 0 Å². The fourth-order valence-corrected chi connectivity index (χ4v) is 1.99. The van der Waals surface area contributed by atoms with Gasteiger partial charge in [0.15, 0.2) is 13.2 Å². The first-order chi connectivity index (χ1) is 16.4. The molecule has 4 nitrogen and oxygen atoms in total. The first-order valence-corrected chi connectivity index (χ1v) is 9.08. The molecule has 0 aromatic heterocycles. The van der Waals surface area contributed by atoms with E-state index in [1.54, 1.807) is 0 Å². The van der Waals surface area contributed by atoms with E-state index in [4.69, 9.17) is 0 Å². The first-order valence-electron chi connectivity index (χ1n) is 9.08. The van der Waals surface area contributed by atoms with E-state index in [1.165, 1.54) is 0 Å². The number of halogens is 16. The lowest BCUT2D eigenvalue weighted by molar-refractivity contribution is -0.454. The maximum atomic E-state index is 13.8. The van der Waals surface area contributed by atoms with Crippen molar-refractivity contribution in [1.82, 2.24) is 0 Å². The van der Waals surface area contributed by atoms with Gasteiger partial charge in [0, 0.05) is 11.1 Å². The Morgan fingerprint density at radius 1 is 0.474 bits per heavy atom. The van der Waals surface area contributed by atoms with Gasteiger partial charge in [-0.05, 0) is 13.8 Å². The van der Waals surface area contributed by atoms with Crippen LogP contribution in [0, 0.1) is 0 Å². The van der Waals surface area contributed by atoms with Crippen LogP contribution in [0.2, 0.25) is 0 Å². The molecule has 0 saturated heterocycles. The van der Waals surface area contributed by atoms with Crippen LogP contribution in [0.3, 0.4) is 0 Å². The van der Waals surface area contributed by atoms with Crippen LogP contribution in [0.1, 0.15) is 13.8 Å². The first kappa shape index (κ1) is 35.3. The van der Waals surface area contributed by atoms with Crippen LogP contribution in [-0.2, 0) is 19.1 Å². The lowest BCUT2D eigenvalue weighted by atomic mass is 9.88. The SMILES string of the molecule is C=C(C)C(=O)OCC(F)(F)C(F)(F)C(F)(F)C(F)(F)C(F)(F)C(F)(F)C(F)(F)C(F)(F)COC(=O)C(=C)C. The van der Waals surface area contributed by atoms with E-state index in [-0.39, 0.29) is 0 Å². The molecular formula is C18H14F16O4. The molecule has 0 aromatic carbocycles. The summed E-state index contributed by atoms with van der Waals surface area (Å²) >= 11 is 0. The Morgan fingerprint density at radius 3 is 0.842 bits per heavy atom. The predicted molar refractivity (Wildman–Crippen MR) is 91.1 cm³/mol. The molecule has 0 amide bonds. The maximum absolute atomic E-state index is 13.8. The van der Waals surface area contributed by atoms with Gasteiger partial charge < -0.3 is 9.47 Å². The average molecular weight is 598 g/mol. The van der Waals surface area contributed by atoms with Gasteiger partial charge in [-0.15, -0.1) is 0 Å². The fraction of sp³-hybridized carbons (Fsp3) is 0.667.